The third-order valence-electron chi connectivity index (χ3n) is 2.95. The summed E-state index contributed by atoms with van der Waals surface area (Å²) in [6, 6.07) is 12.4. The van der Waals surface area contributed by atoms with Gasteiger partial charge in [-0.25, -0.2) is 0 Å². The maximum atomic E-state index is 5.75. The highest BCUT2D eigenvalue weighted by Gasteiger charge is 2.10. The highest BCUT2D eigenvalue weighted by molar-refractivity contribution is 9.11. The molecule has 0 saturated carbocycles. The normalized spacial score (nSPS) is 10.5. The van der Waals surface area contributed by atoms with Gasteiger partial charge in [0.2, 0.25) is 0 Å². The van der Waals surface area contributed by atoms with Gasteiger partial charge in [0.25, 0.3) is 0 Å². The molecule has 0 aliphatic rings. The first kappa shape index (κ1) is 16.7. The first-order valence-electron chi connectivity index (χ1n) is 6.63. The molecule has 0 unspecified atom stereocenters. The Bertz CT molecular complexity index is 619. The summed E-state index contributed by atoms with van der Waals surface area (Å²) in [6.45, 7) is 3.36. The monoisotopic (exact) mass is 429 g/mol. The van der Waals surface area contributed by atoms with Gasteiger partial charge in [0, 0.05) is 27.2 Å². The minimum Gasteiger partial charge on any atom is -0.492 e. The molecular formula is C16H17Br2NOS. The Morgan fingerprint density at radius 1 is 1.19 bits per heavy atom. The molecule has 2 nitrogen and oxygen atoms in total. The van der Waals surface area contributed by atoms with Crippen LogP contribution in [0.25, 0.3) is 0 Å². The Labute approximate surface area is 146 Å². The van der Waals surface area contributed by atoms with Crippen LogP contribution in [0, 0.1) is 0 Å². The number of hydrogen-bond donors (Lipinski definition) is 1. The van der Waals surface area contributed by atoms with Gasteiger partial charge in [-0.15, -0.1) is 11.8 Å². The van der Waals surface area contributed by atoms with Crippen LogP contribution in [-0.4, -0.2) is 12.9 Å². The lowest BCUT2D eigenvalue weighted by molar-refractivity contribution is 0.334. The van der Waals surface area contributed by atoms with Crippen molar-refractivity contribution in [2.75, 3.05) is 18.2 Å². The van der Waals surface area contributed by atoms with E-state index >= 15 is 0 Å². The topological polar surface area (TPSA) is 21.3 Å². The minimum atomic E-state index is 0.647. The molecule has 0 aliphatic carbocycles. The van der Waals surface area contributed by atoms with E-state index < -0.39 is 0 Å². The Morgan fingerprint density at radius 3 is 2.67 bits per heavy atom. The van der Waals surface area contributed by atoms with Crippen molar-refractivity contribution in [3.8, 4) is 5.75 Å². The number of anilines is 1. The Kier molecular flexibility index (Phi) is 6.45. The molecule has 0 amide bonds. The lowest BCUT2D eigenvalue weighted by atomic mass is 10.2. The van der Waals surface area contributed by atoms with Crippen LogP contribution in [0.2, 0.25) is 0 Å². The summed E-state index contributed by atoms with van der Waals surface area (Å²) in [5.74, 6) is 0.898. The van der Waals surface area contributed by atoms with Crippen molar-refractivity contribution < 1.29 is 4.74 Å². The van der Waals surface area contributed by atoms with Crippen molar-refractivity contribution in [3.63, 3.8) is 0 Å². The quantitative estimate of drug-likeness (QED) is 0.572. The molecule has 0 fully saturated rings. The van der Waals surface area contributed by atoms with E-state index in [9.17, 15) is 0 Å². The standard InChI is InChI=1S/C16H17Br2NOS/c1-3-20-16-11(8-12(17)9-13(16)18)10-19-14-6-4-5-7-15(14)21-2/h4-9,19H,3,10H2,1-2H3. The van der Waals surface area contributed by atoms with E-state index in [1.807, 2.05) is 19.1 Å². The van der Waals surface area contributed by atoms with Gasteiger partial charge in [-0.05, 0) is 53.4 Å². The van der Waals surface area contributed by atoms with Gasteiger partial charge in [-0.2, -0.15) is 0 Å². The van der Waals surface area contributed by atoms with E-state index in [4.69, 9.17) is 4.74 Å². The number of ether oxygens (including phenoxy) is 1. The second-order valence-electron chi connectivity index (χ2n) is 4.36. The Balaban J connectivity index is 2.23. The molecule has 0 saturated heterocycles. The van der Waals surface area contributed by atoms with Crippen molar-refractivity contribution in [1.29, 1.82) is 0 Å². The van der Waals surface area contributed by atoms with Crippen molar-refractivity contribution in [3.05, 3.63) is 50.9 Å². The number of halogens is 2. The van der Waals surface area contributed by atoms with Gasteiger partial charge in [-0.1, -0.05) is 28.1 Å². The van der Waals surface area contributed by atoms with Crippen LogP contribution in [0.5, 0.6) is 5.75 Å². The molecule has 0 spiro atoms. The fraction of sp³-hybridized carbons (Fsp3) is 0.250. The highest BCUT2D eigenvalue weighted by atomic mass is 79.9. The largest absolute Gasteiger partial charge is 0.492 e. The van der Waals surface area contributed by atoms with E-state index in [1.165, 1.54) is 4.90 Å². The molecule has 0 radical (unpaired) electrons. The van der Waals surface area contributed by atoms with Gasteiger partial charge < -0.3 is 10.1 Å². The zero-order chi connectivity index (χ0) is 15.2. The molecule has 0 atom stereocenters. The maximum absolute atomic E-state index is 5.75. The van der Waals surface area contributed by atoms with Crippen molar-refractivity contribution in [1.82, 2.24) is 0 Å². The van der Waals surface area contributed by atoms with Gasteiger partial charge in [0.1, 0.15) is 5.75 Å². The molecule has 112 valence electrons. The third kappa shape index (κ3) is 4.41. The predicted molar refractivity (Wildman–Crippen MR) is 98.6 cm³/mol. The van der Waals surface area contributed by atoms with Gasteiger partial charge >= 0.3 is 0 Å². The summed E-state index contributed by atoms with van der Waals surface area (Å²) >= 11 is 8.84. The van der Waals surface area contributed by atoms with Crippen LogP contribution in [0.4, 0.5) is 5.69 Å². The molecule has 2 aromatic rings. The van der Waals surface area contributed by atoms with Crippen LogP contribution in [0.1, 0.15) is 12.5 Å². The average molecular weight is 431 g/mol. The molecule has 0 bridgehead atoms. The minimum absolute atomic E-state index is 0.647. The molecule has 0 heterocycles. The number of thioether (sulfide) groups is 1. The van der Waals surface area contributed by atoms with Crippen LogP contribution < -0.4 is 10.1 Å². The number of rotatable bonds is 6. The molecule has 5 heteroatoms. The lowest BCUT2D eigenvalue weighted by Gasteiger charge is -2.15. The summed E-state index contributed by atoms with van der Waals surface area (Å²) in [5, 5.41) is 3.49. The second-order valence-corrected chi connectivity index (χ2v) is 6.98. The van der Waals surface area contributed by atoms with Crippen molar-refractivity contribution >= 4 is 49.3 Å². The van der Waals surface area contributed by atoms with Crippen LogP contribution in [0.3, 0.4) is 0 Å². The lowest BCUT2D eigenvalue weighted by Crippen LogP contribution is -2.04. The number of para-hydroxylation sites is 1. The zero-order valence-electron chi connectivity index (χ0n) is 12.0. The second kappa shape index (κ2) is 8.11. The fourth-order valence-electron chi connectivity index (χ4n) is 2.03. The smallest absolute Gasteiger partial charge is 0.138 e. The molecule has 2 aromatic carbocycles. The molecule has 0 aromatic heterocycles. The van der Waals surface area contributed by atoms with Crippen LogP contribution in [-0.2, 0) is 6.54 Å². The predicted octanol–water partition coefficient (Wildman–Crippen LogP) is 5.94. The van der Waals surface area contributed by atoms with E-state index in [2.05, 4.69) is 67.7 Å². The van der Waals surface area contributed by atoms with Gasteiger partial charge in [0.05, 0.1) is 11.1 Å². The van der Waals surface area contributed by atoms with Crippen LogP contribution in [0.15, 0.2) is 50.2 Å². The maximum Gasteiger partial charge on any atom is 0.138 e. The number of hydrogen-bond acceptors (Lipinski definition) is 3. The summed E-state index contributed by atoms with van der Waals surface area (Å²) in [5.41, 5.74) is 2.26. The average Bonchev–Trinajstić information content (AvgIpc) is 2.48. The number of nitrogens with one attached hydrogen (secondary N) is 1. The Morgan fingerprint density at radius 2 is 1.95 bits per heavy atom. The summed E-state index contributed by atoms with van der Waals surface area (Å²) in [6.07, 6.45) is 2.09. The molecular weight excluding hydrogens is 414 g/mol. The summed E-state index contributed by atoms with van der Waals surface area (Å²) < 4.78 is 7.76. The van der Waals surface area contributed by atoms with E-state index in [-0.39, 0.29) is 0 Å². The van der Waals surface area contributed by atoms with E-state index in [0.717, 1.165) is 25.9 Å². The fourth-order valence-corrected chi connectivity index (χ4v) is 4.04. The third-order valence-corrected chi connectivity index (χ3v) is 4.79. The zero-order valence-corrected chi connectivity index (χ0v) is 15.9. The van der Waals surface area contributed by atoms with Gasteiger partial charge in [-0.3, -0.25) is 0 Å². The number of benzene rings is 2. The van der Waals surface area contributed by atoms with Crippen molar-refractivity contribution in [2.45, 2.75) is 18.4 Å². The van der Waals surface area contributed by atoms with Crippen LogP contribution >= 0.6 is 43.6 Å². The van der Waals surface area contributed by atoms with E-state index in [0.29, 0.717) is 13.2 Å². The molecule has 0 aliphatic heterocycles. The summed E-state index contributed by atoms with van der Waals surface area (Å²) in [7, 11) is 0. The van der Waals surface area contributed by atoms with E-state index in [1.54, 1.807) is 11.8 Å². The Hall–Kier alpha value is -0.650. The SMILES string of the molecule is CCOc1c(Br)cc(Br)cc1CNc1ccccc1SC. The molecule has 1 N–H and O–H groups in total. The summed E-state index contributed by atoms with van der Waals surface area (Å²) in [4.78, 5) is 1.24. The van der Waals surface area contributed by atoms with Gasteiger partial charge in [0.15, 0.2) is 0 Å². The molecule has 21 heavy (non-hydrogen) atoms. The first-order chi connectivity index (χ1) is 10.2. The first-order valence-corrected chi connectivity index (χ1v) is 9.44. The van der Waals surface area contributed by atoms with Crippen molar-refractivity contribution in [2.24, 2.45) is 0 Å². The highest BCUT2D eigenvalue weighted by Crippen LogP contribution is 2.34. The molecule has 2 rings (SSSR count).